The number of carbonyl (C=O) groups excluding carboxylic acids is 2. The van der Waals surface area contributed by atoms with Crippen LogP contribution in [0.15, 0.2) is 35.7 Å². The van der Waals surface area contributed by atoms with Crippen LogP contribution in [-0.4, -0.2) is 65.8 Å². The minimum Gasteiger partial charge on any atom is -0.339 e. The fourth-order valence-corrected chi connectivity index (χ4v) is 5.61. The summed E-state index contributed by atoms with van der Waals surface area (Å²) >= 11 is 1.75. The lowest BCUT2D eigenvalue weighted by Crippen LogP contribution is -2.53. The zero-order valence-electron chi connectivity index (χ0n) is 19.1. The van der Waals surface area contributed by atoms with Crippen molar-refractivity contribution in [2.45, 2.75) is 39.7 Å². The molecule has 5 nitrogen and oxygen atoms in total. The summed E-state index contributed by atoms with van der Waals surface area (Å²) < 4.78 is 14.0. The van der Waals surface area contributed by atoms with E-state index in [1.807, 2.05) is 36.6 Å². The number of nitrogens with zero attached hydrogens (tertiary/aromatic N) is 3. The number of fused-ring (bicyclic) bond motifs is 1. The summed E-state index contributed by atoms with van der Waals surface area (Å²) in [5.74, 6) is 0.0351. The molecule has 2 aliphatic heterocycles. The lowest BCUT2D eigenvalue weighted by Gasteiger charge is -2.39. The smallest absolute Gasteiger partial charge is 0.228 e. The fraction of sp³-hybridized carbons (Fsp3) is 0.520. The minimum absolute atomic E-state index is 0.0187. The van der Waals surface area contributed by atoms with Crippen molar-refractivity contribution in [1.29, 1.82) is 0 Å². The summed E-state index contributed by atoms with van der Waals surface area (Å²) in [7, 11) is 0. The van der Waals surface area contributed by atoms with Crippen molar-refractivity contribution in [2.75, 3.05) is 39.3 Å². The molecule has 7 heteroatoms. The monoisotopic (exact) mass is 457 g/mol. The number of benzene rings is 1. The maximum absolute atomic E-state index is 14.0. The molecule has 0 N–H and O–H groups in total. The molecule has 1 aromatic heterocycles. The summed E-state index contributed by atoms with van der Waals surface area (Å²) in [5, 5.41) is 2.10. The van der Waals surface area contributed by atoms with Crippen molar-refractivity contribution in [2.24, 2.45) is 5.41 Å². The first-order chi connectivity index (χ1) is 15.2. The van der Waals surface area contributed by atoms with Crippen molar-refractivity contribution in [3.8, 4) is 0 Å². The zero-order valence-corrected chi connectivity index (χ0v) is 20.0. The number of hydrogen-bond donors (Lipinski definition) is 0. The van der Waals surface area contributed by atoms with Gasteiger partial charge < -0.3 is 9.80 Å². The number of amides is 2. The van der Waals surface area contributed by atoms with Gasteiger partial charge in [0.2, 0.25) is 11.8 Å². The average Bonchev–Trinajstić information content (AvgIpc) is 3.25. The topological polar surface area (TPSA) is 43.9 Å². The lowest BCUT2D eigenvalue weighted by atomic mass is 9.93. The van der Waals surface area contributed by atoms with Crippen LogP contribution >= 0.6 is 11.3 Å². The van der Waals surface area contributed by atoms with Crippen LogP contribution in [0.2, 0.25) is 0 Å². The molecule has 0 saturated carbocycles. The third-order valence-electron chi connectivity index (χ3n) is 6.40. The molecule has 2 amide bonds. The largest absolute Gasteiger partial charge is 0.339 e. The van der Waals surface area contributed by atoms with Gasteiger partial charge in [0, 0.05) is 56.0 Å². The first-order valence-electron chi connectivity index (χ1n) is 11.4. The molecule has 0 aliphatic carbocycles. The van der Waals surface area contributed by atoms with Crippen LogP contribution in [0.5, 0.6) is 0 Å². The maximum Gasteiger partial charge on any atom is 0.228 e. The quantitative estimate of drug-likeness (QED) is 0.699. The Morgan fingerprint density at radius 3 is 2.47 bits per heavy atom. The van der Waals surface area contributed by atoms with E-state index in [1.165, 1.54) is 16.5 Å². The molecule has 0 radical (unpaired) electrons. The molecule has 2 aromatic rings. The number of piperazine rings is 1. The molecule has 32 heavy (non-hydrogen) atoms. The van der Waals surface area contributed by atoms with Crippen molar-refractivity contribution in [3.05, 3.63) is 57.5 Å². The van der Waals surface area contributed by atoms with Crippen molar-refractivity contribution >= 4 is 23.2 Å². The standard InChI is InChI=1S/C25H32FN3O2S/c1-25(2,3)24(31)29-14-12-27(13-15-29)22(30)8-11-28-10-7-21-20(9-16-32-21)23(28)18-5-4-6-19(26)17-18/h4-6,9,16-17,23H,7-8,10-15H2,1-3H3/t23-/m0/s1. The van der Waals surface area contributed by atoms with Crippen LogP contribution in [0.4, 0.5) is 4.39 Å². The molecule has 0 spiro atoms. The van der Waals surface area contributed by atoms with Gasteiger partial charge in [-0.1, -0.05) is 32.9 Å². The van der Waals surface area contributed by atoms with Gasteiger partial charge in [-0.05, 0) is 41.1 Å². The highest BCUT2D eigenvalue weighted by Gasteiger charge is 2.32. The van der Waals surface area contributed by atoms with Gasteiger partial charge in [-0.2, -0.15) is 0 Å². The third-order valence-corrected chi connectivity index (χ3v) is 7.40. The van der Waals surface area contributed by atoms with E-state index < -0.39 is 5.41 Å². The van der Waals surface area contributed by atoms with Gasteiger partial charge in [0.15, 0.2) is 0 Å². The molecule has 3 heterocycles. The molecule has 0 bridgehead atoms. The van der Waals surface area contributed by atoms with Gasteiger partial charge in [-0.25, -0.2) is 4.39 Å². The molecule has 1 saturated heterocycles. The Kier molecular flexibility index (Phi) is 6.67. The first kappa shape index (κ1) is 22.9. The number of halogens is 1. The van der Waals surface area contributed by atoms with E-state index in [2.05, 4.69) is 16.3 Å². The second kappa shape index (κ2) is 9.32. The number of thiophene rings is 1. The van der Waals surface area contributed by atoms with Crippen LogP contribution in [0.3, 0.4) is 0 Å². The Hall–Kier alpha value is -2.25. The van der Waals surface area contributed by atoms with Crippen molar-refractivity contribution in [1.82, 2.24) is 14.7 Å². The highest BCUT2D eigenvalue weighted by Crippen LogP contribution is 2.38. The van der Waals surface area contributed by atoms with E-state index in [-0.39, 0.29) is 23.7 Å². The Balaban J connectivity index is 1.39. The van der Waals surface area contributed by atoms with Crippen molar-refractivity contribution < 1.29 is 14.0 Å². The Labute approximate surface area is 193 Å². The third kappa shape index (κ3) is 4.89. The van der Waals surface area contributed by atoms with E-state index in [9.17, 15) is 14.0 Å². The Morgan fingerprint density at radius 1 is 1.06 bits per heavy atom. The summed E-state index contributed by atoms with van der Waals surface area (Å²) in [6, 6.07) is 8.92. The highest BCUT2D eigenvalue weighted by atomic mass is 32.1. The fourth-order valence-electron chi connectivity index (χ4n) is 4.71. The highest BCUT2D eigenvalue weighted by molar-refractivity contribution is 7.10. The predicted octanol–water partition coefficient (Wildman–Crippen LogP) is 3.94. The normalized spacial score (nSPS) is 19.7. The molecule has 1 atom stereocenters. The van der Waals surface area contributed by atoms with E-state index in [0.29, 0.717) is 39.1 Å². The number of carbonyl (C=O) groups is 2. The molecular formula is C25H32FN3O2S. The second-order valence-corrected chi connectivity index (χ2v) is 10.7. The van der Waals surface area contributed by atoms with Gasteiger partial charge in [0.25, 0.3) is 0 Å². The van der Waals surface area contributed by atoms with Gasteiger partial charge >= 0.3 is 0 Å². The Morgan fingerprint density at radius 2 is 1.78 bits per heavy atom. The number of rotatable bonds is 4. The van der Waals surface area contributed by atoms with E-state index in [1.54, 1.807) is 23.5 Å². The average molecular weight is 458 g/mol. The molecule has 1 aromatic carbocycles. The van der Waals surface area contributed by atoms with Crippen molar-refractivity contribution in [3.63, 3.8) is 0 Å². The molecule has 172 valence electrons. The van der Waals surface area contributed by atoms with Gasteiger partial charge in [0.1, 0.15) is 5.82 Å². The minimum atomic E-state index is -0.396. The molecular weight excluding hydrogens is 425 g/mol. The van der Waals surface area contributed by atoms with Crippen LogP contribution in [-0.2, 0) is 16.0 Å². The lowest BCUT2D eigenvalue weighted by molar-refractivity contribution is -0.145. The van der Waals surface area contributed by atoms with Crippen LogP contribution < -0.4 is 0 Å². The van der Waals surface area contributed by atoms with Gasteiger partial charge in [-0.15, -0.1) is 11.3 Å². The molecule has 0 unspecified atom stereocenters. The Bertz CT molecular complexity index is 976. The summed E-state index contributed by atoms with van der Waals surface area (Å²) in [4.78, 5) is 32.8. The zero-order chi connectivity index (χ0) is 22.9. The van der Waals surface area contributed by atoms with Crippen LogP contribution in [0.1, 0.15) is 49.2 Å². The SMILES string of the molecule is CC(C)(C)C(=O)N1CCN(C(=O)CCN2CCc3sccc3[C@@H]2c2cccc(F)c2)CC1. The molecule has 4 rings (SSSR count). The molecule has 1 fully saturated rings. The van der Waals surface area contributed by atoms with Gasteiger partial charge in [-0.3, -0.25) is 14.5 Å². The summed E-state index contributed by atoms with van der Waals surface area (Å²) in [6.07, 6.45) is 1.39. The summed E-state index contributed by atoms with van der Waals surface area (Å²) in [6.45, 7) is 9.64. The van der Waals surface area contributed by atoms with Crippen LogP contribution in [0, 0.1) is 11.2 Å². The van der Waals surface area contributed by atoms with Gasteiger partial charge in [0.05, 0.1) is 6.04 Å². The van der Waals surface area contributed by atoms with E-state index in [4.69, 9.17) is 0 Å². The van der Waals surface area contributed by atoms with E-state index >= 15 is 0 Å². The summed E-state index contributed by atoms with van der Waals surface area (Å²) in [5.41, 5.74) is 1.77. The maximum atomic E-state index is 14.0. The predicted molar refractivity (Wildman–Crippen MR) is 125 cm³/mol. The second-order valence-electron chi connectivity index (χ2n) is 9.72. The first-order valence-corrected chi connectivity index (χ1v) is 12.2. The number of hydrogen-bond acceptors (Lipinski definition) is 4. The van der Waals surface area contributed by atoms with E-state index in [0.717, 1.165) is 18.5 Å². The molecule has 2 aliphatic rings. The van der Waals surface area contributed by atoms with Crippen LogP contribution in [0.25, 0.3) is 0 Å².